The molecular weight excluding hydrogens is 198 g/mol. The lowest BCUT2D eigenvalue weighted by Gasteiger charge is -2.22. The van der Waals surface area contributed by atoms with E-state index < -0.39 is 23.6 Å². The molecular formula is C10H17NO4. The highest BCUT2D eigenvalue weighted by atomic mass is 16.6. The van der Waals surface area contributed by atoms with Crippen LogP contribution in [0, 0.1) is 0 Å². The molecule has 0 radical (unpaired) electrons. The van der Waals surface area contributed by atoms with E-state index >= 15 is 0 Å². The molecule has 0 aromatic heterocycles. The largest absolute Gasteiger partial charge is 0.457 e. The van der Waals surface area contributed by atoms with Gasteiger partial charge in [0, 0.05) is 0 Å². The molecule has 5 nitrogen and oxygen atoms in total. The fraction of sp³-hybridized carbons (Fsp3) is 0.600. The summed E-state index contributed by atoms with van der Waals surface area (Å²) >= 11 is 0. The quantitative estimate of drug-likeness (QED) is 0.542. The summed E-state index contributed by atoms with van der Waals surface area (Å²) in [6, 6.07) is 0. The summed E-state index contributed by atoms with van der Waals surface area (Å²) in [7, 11) is 0. The van der Waals surface area contributed by atoms with E-state index in [0.717, 1.165) is 0 Å². The van der Waals surface area contributed by atoms with Gasteiger partial charge in [-0.15, -0.1) is 0 Å². The molecule has 0 saturated heterocycles. The SMILES string of the molecule is C=CC(OC(=O)CN)C(=O)OC(C)(C)C. The zero-order valence-corrected chi connectivity index (χ0v) is 9.28. The van der Waals surface area contributed by atoms with Crippen LogP contribution in [0.4, 0.5) is 0 Å². The van der Waals surface area contributed by atoms with E-state index in [1.54, 1.807) is 20.8 Å². The fourth-order valence-corrected chi connectivity index (χ4v) is 0.742. The Morgan fingerprint density at radius 1 is 1.47 bits per heavy atom. The molecule has 0 aliphatic carbocycles. The Hall–Kier alpha value is -1.36. The predicted octanol–water partition coefficient (Wildman–Crippen LogP) is 0.385. The number of carbonyl (C=O) groups is 2. The van der Waals surface area contributed by atoms with E-state index in [1.807, 2.05) is 0 Å². The van der Waals surface area contributed by atoms with Gasteiger partial charge in [0.1, 0.15) is 5.60 Å². The standard InChI is InChI=1S/C10H17NO4/c1-5-7(14-8(12)6-11)9(13)15-10(2,3)4/h5,7H,1,6,11H2,2-4H3. The molecule has 1 atom stereocenters. The molecule has 0 aliphatic rings. The van der Waals surface area contributed by atoms with Gasteiger partial charge in [-0.05, 0) is 26.8 Å². The van der Waals surface area contributed by atoms with Crippen molar-refractivity contribution in [3.8, 4) is 0 Å². The molecule has 0 amide bonds. The van der Waals surface area contributed by atoms with Gasteiger partial charge >= 0.3 is 11.9 Å². The first kappa shape index (κ1) is 13.6. The van der Waals surface area contributed by atoms with Gasteiger partial charge in [0.15, 0.2) is 0 Å². The molecule has 1 unspecified atom stereocenters. The van der Waals surface area contributed by atoms with E-state index in [-0.39, 0.29) is 6.54 Å². The van der Waals surface area contributed by atoms with Gasteiger partial charge in [-0.25, -0.2) is 4.79 Å². The van der Waals surface area contributed by atoms with Crippen LogP contribution in [0.3, 0.4) is 0 Å². The zero-order valence-electron chi connectivity index (χ0n) is 9.28. The molecule has 0 bridgehead atoms. The van der Waals surface area contributed by atoms with Crippen LogP contribution in [0.1, 0.15) is 20.8 Å². The average molecular weight is 215 g/mol. The van der Waals surface area contributed by atoms with E-state index in [2.05, 4.69) is 6.58 Å². The van der Waals surface area contributed by atoms with Gasteiger partial charge in [0.05, 0.1) is 6.54 Å². The second kappa shape index (κ2) is 5.50. The first-order valence-electron chi connectivity index (χ1n) is 4.55. The molecule has 0 heterocycles. The first-order chi connectivity index (χ1) is 6.80. The topological polar surface area (TPSA) is 78.6 Å². The highest BCUT2D eigenvalue weighted by Crippen LogP contribution is 2.10. The third kappa shape index (κ3) is 5.85. The van der Waals surface area contributed by atoms with Crippen molar-refractivity contribution in [2.75, 3.05) is 6.54 Å². The summed E-state index contributed by atoms with van der Waals surface area (Å²) in [6.07, 6.45) is 0.0991. The minimum Gasteiger partial charge on any atom is -0.457 e. The Bertz CT molecular complexity index is 255. The van der Waals surface area contributed by atoms with Crippen LogP contribution in [0.2, 0.25) is 0 Å². The third-order valence-corrected chi connectivity index (χ3v) is 1.28. The van der Waals surface area contributed by atoms with Crippen LogP contribution in [-0.2, 0) is 19.1 Å². The second-order valence-electron chi connectivity index (χ2n) is 3.88. The van der Waals surface area contributed by atoms with E-state index in [1.165, 1.54) is 6.08 Å². The lowest BCUT2D eigenvalue weighted by molar-refractivity contribution is -0.171. The summed E-state index contributed by atoms with van der Waals surface area (Å²) in [5, 5.41) is 0. The van der Waals surface area contributed by atoms with E-state index in [0.29, 0.717) is 0 Å². The van der Waals surface area contributed by atoms with E-state index in [9.17, 15) is 9.59 Å². The lowest BCUT2D eigenvalue weighted by Crippen LogP contribution is -2.35. The molecule has 0 rings (SSSR count). The van der Waals surface area contributed by atoms with Crippen molar-refractivity contribution in [1.82, 2.24) is 0 Å². The molecule has 0 aliphatic heterocycles. The van der Waals surface area contributed by atoms with Gasteiger partial charge in [0.2, 0.25) is 6.10 Å². The zero-order chi connectivity index (χ0) is 12.1. The second-order valence-corrected chi connectivity index (χ2v) is 3.88. The van der Waals surface area contributed by atoms with Crippen molar-refractivity contribution in [2.45, 2.75) is 32.5 Å². The highest BCUT2D eigenvalue weighted by Gasteiger charge is 2.25. The summed E-state index contributed by atoms with van der Waals surface area (Å²) in [6.45, 7) is 8.25. The monoisotopic (exact) mass is 215 g/mol. The number of hydrogen-bond donors (Lipinski definition) is 1. The maximum atomic E-state index is 11.4. The first-order valence-corrected chi connectivity index (χ1v) is 4.55. The molecule has 15 heavy (non-hydrogen) atoms. The number of esters is 2. The maximum absolute atomic E-state index is 11.4. The van der Waals surface area contributed by atoms with Gasteiger partial charge in [0.25, 0.3) is 0 Å². The van der Waals surface area contributed by atoms with Crippen LogP contribution in [0.5, 0.6) is 0 Å². The van der Waals surface area contributed by atoms with Gasteiger partial charge in [-0.2, -0.15) is 0 Å². The van der Waals surface area contributed by atoms with Gasteiger partial charge < -0.3 is 15.2 Å². The van der Waals surface area contributed by atoms with Crippen molar-refractivity contribution in [3.05, 3.63) is 12.7 Å². The molecule has 0 spiro atoms. The number of rotatable bonds is 4. The average Bonchev–Trinajstić information content (AvgIpc) is 2.10. The van der Waals surface area contributed by atoms with Crippen LogP contribution < -0.4 is 5.73 Å². The number of ether oxygens (including phenoxy) is 2. The number of carbonyl (C=O) groups excluding carboxylic acids is 2. The number of nitrogens with two attached hydrogens (primary N) is 1. The summed E-state index contributed by atoms with van der Waals surface area (Å²) < 4.78 is 9.71. The normalized spacial score (nSPS) is 12.8. The summed E-state index contributed by atoms with van der Waals surface area (Å²) in [5.74, 6) is -1.33. The van der Waals surface area contributed by atoms with Crippen molar-refractivity contribution in [2.24, 2.45) is 5.73 Å². The lowest BCUT2D eigenvalue weighted by atomic mass is 10.2. The van der Waals surface area contributed by atoms with Crippen molar-refractivity contribution >= 4 is 11.9 Å². The predicted molar refractivity (Wildman–Crippen MR) is 55.0 cm³/mol. The Morgan fingerprint density at radius 3 is 2.33 bits per heavy atom. The van der Waals surface area contributed by atoms with Crippen LogP contribution in [0.25, 0.3) is 0 Å². The molecule has 0 aromatic carbocycles. The van der Waals surface area contributed by atoms with Crippen molar-refractivity contribution in [3.63, 3.8) is 0 Å². The van der Waals surface area contributed by atoms with Crippen LogP contribution in [0.15, 0.2) is 12.7 Å². The van der Waals surface area contributed by atoms with E-state index in [4.69, 9.17) is 15.2 Å². The minimum absolute atomic E-state index is 0.285. The van der Waals surface area contributed by atoms with Gasteiger partial charge in [-0.1, -0.05) is 6.58 Å². The fourth-order valence-electron chi connectivity index (χ4n) is 0.742. The third-order valence-electron chi connectivity index (χ3n) is 1.28. The Balaban J connectivity index is 4.35. The van der Waals surface area contributed by atoms with Crippen molar-refractivity contribution in [1.29, 1.82) is 0 Å². The van der Waals surface area contributed by atoms with Crippen LogP contribution in [-0.4, -0.2) is 30.2 Å². The minimum atomic E-state index is -1.10. The maximum Gasteiger partial charge on any atom is 0.352 e. The Labute approximate surface area is 89.2 Å². The molecule has 5 heteroatoms. The van der Waals surface area contributed by atoms with Crippen molar-refractivity contribution < 1.29 is 19.1 Å². The van der Waals surface area contributed by atoms with Crippen LogP contribution >= 0.6 is 0 Å². The Kier molecular flexibility index (Phi) is 5.00. The van der Waals surface area contributed by atoms with Gasteiger partial charge in [-0.3, -0.25) is 4.79 Å². The molecule has 0 fully saturated rings. The molecule has 86 valence electrons. The molecule has 0 saturated carbocycles. The molecule has 0 aromatic rings. The Morgan fingerprint density at radius 2 is 2.00 bits per heavy atom. The highest BCUT2D eigenvalue weighted by molar-refractivity contribution is 5.81. The number of hydrogen-bond acceptors (Lipinski definition) is 5. The molecule has 2 N–H and O–H groups in total. The smallest absolute Gasteiger partial charge is 0.352 e. The summed E-state index contributed by atoms with van der Waals surface area (Å²) in [4.78, 5) is 22.3. The summed E-state index contributed by atoms with van der Waals surface area (Å²) in [5.41, 5.74) is 4.41.